The Bertz CT molecular complexity index is 505. The van der Waals surface area contributed by atoms with Crippen molar-refractivity contribution in [3.63, 3.8) is 0 Å². The van der Waals surface area contributed by atoms with Gasteiger partial charge in [0.2, 0.25) is 5.91 Å². The van der Waals surface area contributed by atoms with Crippen LogP contribution in [0.4, 0.5) is 10.2 Å². The Morgan fingerprint density at radius 1 is 1.40 bits per heavy atom. The Morgan fingerprint density at radius 2 is 2.05 bits per heavy atom. The molecule has 7 heteroatoms. The van der Waals surface area contributed by atoms with Crippen molar-refractivity contribution in [2.45, 2.75) is 26.8 Å². The summed E-state index contributed by atoms with van der Waals surface area (Å²) in [7, 11) is 0. The number of pyridine rings is 1. The molecule has 1 rings (SSSR count). The van der Waals surface area contributed by atoms with E-state index in [-0.39, 0.29) is 17.3 Å². The predicted octanol–water partition coefficient (Wildman–Crippen LogP) is 0.693. The van der Waals surface area contributed by atoms with Crippen LogP contribution in [0.5, 0.6) is 0 Å². The molecule has 0 bridgehead atoms. The van der Waals surface area contributed by atoms with E-state index in [2.05, 4.69) is 15.6 Å². The quantitative estimate of drug-likeness (QED) is 0.740. The number of halogens is 1. The Morgan fingerprint density at radius 3 is 2.65 bits per heavy atom. The molecule has 20 heavy (non-hydrogen) atoms. The molecule has 1 heterocycles. The van der Waals surface area contributed by atoms with Gasteiger partial charge in [-0.2, -0.15) is 0 Å². The average Bonchev–Trinajstić information content (AvgIpc) is 2.38. The lowest BCUT2D eigenvalue weighted by atomic mass is 10.2. The van der Waals surface area contributed by atoms with Crippen molar-refractivity contribution in [1.29, 1.82) is 0 Å². The smallest absolute Gasteiger partial charge is 0.255 e. The SMILES string of the molecule is CC(C)CNC(=O)C(C)NC(=O)c1cc(F)cnc1N. The summed E-state index contributed by atoms with van der Waals surface area (Å²) in [6.45, 7) is 5.98. The summed E-state index contributed by atoms with van der Waals surface area (Å²) < 4.78 is 13.0. The summed E-state index contributed by atoms with van der Waals surface area (Å²) in [6.07, 6.45) is 0.922. The summed E-state index contributed by atoms with van der Waals surface area (Å²) in [5.41, 5.74) is 5.41. The highest BCUT2D eigenvalue weighted by Crippen LogP contribution is 2.09. The molecule has 110 valence electrons. The second-order valence-electron chi connectivity index (χ2n) is 4.92. The summed E-state index contributed by atoms with van der Waals surface area (Å²) >= 11 is 0. The average molecular weight is 282 g/mol. The van der Waals surface area contributed by atoms with Gasteiger partial charge in [-0.15, -0.1) is 0 Å². The van der Waals surface area contributed by atoms with E-state index in [1.165, 1.54) is 6.92 Å². The molecular weight excluding hydrogens is 263 g/mol. The summed E-state index contributed by atoms with van der Waals surface area (Å²) in [6, 6.07) is 0.236. The van der Waals surface area contributed by atoms with Gasteiger partial charge in [0.1, 0.15) is 17.7 Å². The van der Waals surface area contributed by atoms with Gasteiger partial charge in [0, 0.05) is 6.54 Å². The van der Waals surface area contributed by atoms with Crippen molar-refractivity contribution in [3.05, 3.63) is 23.6 Å². The fourth-order valence-corrected chi connectivity index (χ4v) is 1.43. The Kier molecular flexibility index (Phi) is 5.42. The number of hydrogen-bond donors (Lipinski definition) is 3. The van der Waals surface area contributed by atoms with Crippen LogP contribution < -0.4 is 16.4 Å². The highest BCUT2D eigenvalue weighted by molar-refractivity contribution is 6.00. The van der Waals surface area contributed by atoms with Gasteiger partial charge >= 0.3 is 0 Å². The maximum Gasteiger partial charge on any atom is 0.255 e. The molecule has 0 aliphatic carbocycles. The fraction of sp³-hybridized carbons (Fsp3) is 0.462. The second-order valence-corrected chi connectivity index (χ2v) is 4.92. The monoisotopic (exact) mass is 282 g/mol. The number of nitrogens with zero attached hydrogens (tertiary/aromatic N) is 1. The number of aromatic nitrogens is 1. The predicted molar refractivity (Wildman–Crippen MR) is 73.4 cm³/mol. The zero-order valence-corrected chi connectivity index (χ0v) is 11.7. The zero-order chi connectivity index (χ0) is 15.3. The Hall–Kier alpha value is -2.18. The van der Waals surface area contributed by atoms with Crippen LogP contribution in [0.1, 0.15) is 31.1 Å². The van der Waals surface area contributed by atoms with E-state index < -0.39 is 17.8 Å². The third-order valence-corrected chi connectivity index (χ3v) is 2.56. The number of nitrogens with one attached hydrogen (secondary N) is 2. The van der Waals surface area contributed by atoms with Crippen molar-refractivity contribution in [3.8, 4) is 0 Å². The van der Waals surface area contributed by atoms with Crippen molar-refractivity contribution >= 4 is 17.6 Å². The summed E-state index contributed by atoms with van der Waals surface area (Å²) in [5, 5.41) is 5.14. The number of nitrogens with two attached hydrogens (primary N) is 1. The van der Waals surface area contributed by atoms with Crippen LogP contribution in [0.15, 0.2) is 12.3 Å². The first-order valence-corrected chi connectivity index (χ1v) is 6.30. The maximum atomic E-state index is 13.0. The molecule has 0 aliphatic heterocycles. The minimum atomic E-state index is -0.746. The first-order valence-electron chi connectivity index (χ1n) is 6.30. The molecule has 6 nitrogen and oxygen atoms in total. The standard InChI is InChI=1S/C13H19FN4O2/c1-7(2)5-17-12(19)8(3)18-13(20)10-4-9(14)6-16-11(10)15/h4,6-8H,5H2,1-3H3,(H2,15,16)(H,17,19)(H,18,20). The molecule has 1 aromatic rings. The van der Waals surface area contributed by atoms with Crippen molar-refractivity contribution in [2.24, 2.45) is 5.92 Å². The number of carbonyl (C=O) groups is 2. The van der Waals surface area contributed by atoms with E-state index >= 15 is 0 Å². The molecule has 4 N–H and O–H groups in total. The molecule has 0 aliphatic rings. The van der Waals surface area contributed by atoms with Crippen molar-refractivity contribution in [2.75, 3.05) is 12.3 Å². The number of nitrogen functional groups attached to an aromatic ring is 1. The fourth-order valence-electron chi connectivity index (χ4n) is 1.43. The normalized spacial score (nSPS) is 12.1. The number of rotatable bonds is 5. The summed E-state index contributed by atoms with van der Waals surface area (Å²) in [5.74, 6) is -1.39. The van der Waals surface area contributed by atoms with Crippen LogP contribution >= 0.6 is 0 Å². The minimum absolute atomic E-state index is 0.0845. The van der Waals surface area contributed by atoms with E-state index in [9.17, 15) is 14.0 Å². The molecule has 0 aromatic carbocycles. The second kappa shape index (κ2) is 6.83. The van der Waals surface area contributed by atoms with Crippen LogP contribution in [0, 0.1) is 11.7 Å². The molecule has 0 saturated carbocycles. The Labute approximate surface area is 116 Å². The van der Waals surface area contributed by atoms with Gasteiger partial charge in [0.15, 0.2) is 0 Å². The van der Waals surface area contributed by atoms with E-state index in [4.69, 9.17) is 5.73 Å². The van der Waals surface area contributed by atoms with Gasteiger partial charge in [-0.05, 0) is 18.9 Å². The molecule has 0 spiro atoms. The van der Waals surface area contributed by atoms with Crippen LogP contribution in [-0.2, 0) is 4.79 Å². The minimum Gasteiger partial charge on any atom is -0.383 e. The third kappa shape index (κ3) is 4.49. The van der Waals surface area contributed by atoms with Gasteiger partial charge in [-0.3, -0.25) is 9.59 Å². The number of anilines is 1. The summed E-state index contributed by atoms with van der Waals surface area (Å²) in [4.78, 5) is 27.2. The molecule has 1 unspecified atom stereocenters. The van der Waals surface area contributed by atoms with Gasteiger partial charge in [0.25, 0.3) is 5.91 Å². The molecule has 1 aromatic heterocycles. The Balaban J connectivity index is 2.65. The van der Waals surface area contributed by atoms with Crippen molar-refractivity contribution in [1.82, 2.24) is 15.6 Å². The maximum absolute atomic E-state index is 13.0. The van der Waals surface area contributed by atoms with Crippen LogP contribution in [0.3, 0.4) is 0 Å². The van der Waals surface area contributed by atoms with Crippen LogP contribution in [0.2, 0.25) is 0 Å². The lowest BCUT2D eigenvalue weighted by Crippen LogP contribution is -2.45. The van der Waals surface area contributed by atoms with Gasteiger partial charge in [0.05, 0.1) is 11.8 Å². The highest BCUT2D eigenvalue weighted by Gasteiger charge is 2.19. The lowest BCUT2D eigenvalue weighted by Gasteiger charge is -2.15. The van der Waals surface area contributed by atoms with Gasteiger partial charge in [-0.1, -0.05) is 13.8 Å². The number of amides is 2. The van der Waals surface area contributed by atoms with E-state index in [1.54, 1.807) is 0 Å². The molecule has 0 fully saturated rings. The molecule has 1 atom stereocenters. The molecule has 0 radical (unpaired) electrons. The first-order chi connectivity index (χ1) is 9.31. The number of carbonyl (C=O) groups excluding carboxylic acids is 2. The van der Waals surface area contributed by atoms with Crippen molar-refractivity contribution < 1.29 is 14.0 Å². The van der Waals surface area contributed by atoms with E-state index in [0.717, 1.165) is 12.3 Å². The van der Waals surface area contributed by atoms with Gasteiger partial charge < -0.3 is 16.4 Å². The van der Waals surface area contributed by atoms with E-state index in [0.29, 0.717) is 12.5 Å². The highest BCUT2D eigenvalue weighted by atomic mass is 19.1. The largest absolute Gasteiger partial charge is 0.383 e. The molecule has 2 amide bonds. The molecular formula is C13H19FN4O2. The number of hydrogen-bond acceptors (Lipinski definition) is 4. The van der Waals surface area contributed by atoms with Crippen LogP contribution in [0.25, 0.3) is 0 Å². The lowest BCUT2D eigenvalue weighted by molar-refractivity contribution is -0.122. The van der Waals surface area contributed by atoms with Crippen LogP contribution in [-0.4, -0.2) is 29.4 Å². The first kappa shape index (κ1) is 15.9. The topological polar surface area (TPSA) is 97.1 Å². The molecule has 0 saturated heterocycles. The van der Waals surface area contributed by atoms with Gasteiger partial charge in [-0.25, -0.2) is 9.37 Å². The van der Waals surface area contributed by atoms with E-state index in [1.807, 2.05) is 13.8 Å². The zero-order valence-electron chi connectivity index (χ0n) is 11.7. The third-order valence-electron chi connectivity index (χ3n) is 2.56.